The Labute approximate surface area is 185 Å². The number of hydrazone groups is 1. The Morgan fingerprint density at radius 1 is 1.32 bits per heavy atom. The van der Waals surface area contributed by atoms with Gasteiger partial charge in [0.1, 0.15) is 0 Å². The first-order chi connectivity index (χ1) is 14.5. The highest BCUT2D eigenvalue weighted by atomic mass is 16.5. The lowest BCUT2D eigenvalue weighted by Gasteiger charge is -2.25. The van der Waals surface area contributed by atoms with E-state index < -0.39 is 0 Å². The van der Waals surface area contributed by atoms with Crippen molar-refractivity contribution in [3.05, 3.63) is 59.3 Å². The second-order valence-electron chi connectivity index (χ2n) is 7.47. The summed E-state index contributed by atoms with van der Waals surface area (Å²) >= 11 is 0. The molecule has 0 spiro atoms. The zero-order valence-corrected chi connectivity index (χ0v) is 19.3. The summed E-state index contributed by atoms with van der Waals surface area (Å²) in [4.78, 5) is 4.35. The number of hydrogen-bond donors (Lipinski definition) is 2. The van der Waals surface area contributed by atoms with Gasteiger partial charge in [-0.15, -0.1) is 0 Å². The molecular weight excluding hydrogens is 390 g/mol. The number of hydrogen-bond acceptors (Lipinski definition) is 7. The summed E-state index contributed by atoms with van der Waals surface area (Å²) in [6.45, 7) is 9.66. The van der Waals surface area contributed by atoms with Crippen LogP contribution in [0, 0.1) is 0 Å². The molecular formula is C23H35N7O. The number of rotatable bonds is 9. The molecule has 2 aromatic rings. The van der Waals surface area contributed by atoms with Crippen molar-refractivity contribution in [3.8, 4) is 5.88 Å². The number of nitrogens with one attached hydrogen (secondary N) is 1. The van der Waals surface area contributed by atoms with Gasteiger partial charge in [0, 0.05) is 43.2 Å². The summed E-state index contributed by atoms with van der Waals surface area (Å²) in [6.07, 6.45) is 9.70. The van der Waals surface area contributed by atoms with Crippen LogP contribution in [0.5, 0.6) is 5.88 Å². The van der Waals surface area contributed by atoms with E-state index in [1.54, 1.807) is 6.20 Å². The van der Waals surface area contributed by atoms with Gasteiger partial charge in [-0.3, -0.25) is 9.69 Å². The second kappa shape index (κ2) is 11.3. The number of aromatic nitrogens is 3. The highest BCUT2D eigenvalue weighted by Gasteiger charge is 2.24. The second-order valence-corrected chi connectivity index (χ2v) is 7.47. The molecule has 1 atom stereocenters. The van der Waals surface area contributed by atoms with Crippen molar-refractivity contribution >= 4 is 11.8 Å². The minimum absolute atomic E-state index is 0. The van der Waals surface area contributed by atoms with Crippen LogP contribution in [0.1, 0.15) is 51.8 Å². The van der Waals surface area contributed by atoms with Crippen LogP contribution in [0.25, 0.3) is 6.08 Å². The zero-order valence-electron chi connectivity index (χ0n) is 19.3. The van der Waals surface area contributed by atoms with Crippen molar-refractivity contribution in [2.75, 3.05) is 6.61 Å². The molecule has 1 aliphatic heterocycles. The average Bonchev–Trinajstić information content (AvgIpc) is 3.34. The van der Waals surface area contributed by atoms with E-state index in [9.17, 15) is 0 Å². The third-order valence-corrected chi connectivity index (χ3v) is 5.04. The third-order valence-electron chi connectivity index (χ3n) is 5.04. The quantitative estimate of drug-likeness (QED) is 0.622. The number of pyridine rings is 1. The fourth-order valence-electron chi connectivity index (χ4n) is 3.32. The topological polar surface area (TPSA) is 103 Å². The molecule has 4 N–H and O–H groups in total. The van der Waals surface area contributed by atoms with Crippen LogP contribution in [-0.2, 0) is 13.6 Å². The summed E-state index contributed by atoms with van der Waals surface area (Å²) in [5.41, 5.74) is 5.27. The molecule has 168 valence electrons. The van der Waals surface area contributed by atoms with Crippen LogP contribution in [0.2, 0.25) is 0 Å². The molecule has 8 nitrogen and oxygen atoms in total. The molecule has 3 rings (SSSR count). The Hall–Kier alpha value is -3.13. The smallest absolute Gasteiger partial charge is 0.220 e. The van der Waals surface area contributed by atoms with Gasteiger partial charge in [0.05, 0.1) is 30.2 Å². The van der Waals surface area contributed by atoms with Crippen LogP contribution >= 0.6 is 0 Å². The van der Waals surface area contributed by atoms with Crippen molar-refractivity contribution in [3.63, 3.8) is 0 Å². The lowest BCUT2D eigenvalue weighted by molar-refractivity contribution is 0.281. The van der Waals surface area contributed by atoms with E-state index in [1.165, 1.54) is 5.70 Å². The average molecular weight is 426 g/mol. The Morgan fingerprint density at radius 3 is 2.81 bits per heavy atom. The summed E-state index contributed by atoms with van der Waals surface area (Å²) in [5.74, 6) is 0.642. The van der Waals surface area contributed by atoms with Crippen molar-refractivity contribution in [1.82, 2.24) is 31.2 Å². The first-order valence-corrected chi connectivity index (χ1v) is 10.6. The van der Waals surface area contributed by atoms with Gasteiger partial charge >= 0.3 is 0 Å². The highest BCUT2D eigenvalue weighted by molar-refractivity contribution is 5.86. The maximum Gasteiger partial charge on any atom is 0.220 e. The molecule has 0 amide bonds. The molecule has 0 saturated carbocycles. The maximum atomic E-state index is 5.68. The first kappa shape index (κ1) is 24.1. The largest absolute Gasteiger partial charge is 0.478 e. The van der Waals surface area contributed by atoms with Gasteiger partial charge in [-0.1, -0.05) is 6.92 Å². The van der Waals surface area contributed by atoms with Crippen molar-refractivity contribution in [1.29, 1.82) is 0 Å². The Balaban J connectivity index is 0.00000341. The van der Waals surface area contributed by atoms with Crippen LogP contribution in [0.15, 0.2) is 53.2 Å². The van der Waals surface area contributed by atoms with Gasteiger partial charge in [0.2, 0.25) is 5.88 Å². The zero-order chi connectivity index (χ0) is 21.5. The molecule has 0 aromatic carbocycles. The van der Waals surface area contributed by atoms with Gasteiger partial charge in [0.15, 0.2) is 0 Å². The van der Waals surface area contributed by atoms with Crippen molar-refractivity contribution in [2.45, 2.75) is 53.1 Å². The summed E-state index contributed by atoms with van der Waals surface area (Å²) in [6, 6.07) is 6.29. The van der Waals surface area contributed by atoms with Crippen LogP contribution in [0.3, 0.4) is 0 Å². The number of allylic oxidation sites excluding steroid dienone is 2. The molecule has 1 aliphatic rings. The SMILES string of the molecule is CCOc1ncccc1/C=C/C(NCc1ccn(C)n1)=C1\CC(C)=NN1C(C)CC.N. The molecule has 3 heterocycles. The highest BCUT2D eigenvalue weighted by Crippen LogP contribution is 2.27. The van der Waals surface area contributed by atoms with Crippen molar-refractivity contribution in [2.24, 2.45) is 12.1 Å². The monoisotopic (exact) mass is 425 g/mol. The van der Waals surface area contributed by atoms with E-state index in [4.69, 9.17) is 9.84 Å². The molecule has 0 saturated heterocycles. The molecule has 31 heavy (non-hydrogen) atoms. The molecule has 8 heteroatoms. The number of ether oxygens (including phenoxy) is 1. The minimum atomic E-state index is 0. The van der Waals surface area contributed by atoms with E-state index in [-0.39, 0.29) is 6.15 Å². The Morgan fingerprint density at radius 2 is 2.13 bits per heavy atom. The number of aryl methyl sites for hydroxylation is 1. The summed E-state index contributed by atoms with van der Waals surface area (Å²) < 4.78 is 7.49. The van der Waals surface area contributed by atoms with Crippen molar-refractivity contribution < 1.29 is 4.74 Å². The summed E-state index contributed by atoms with van der Waals surface area (Å²) in [7, 11) is 1.93. The lowest BCUT2D eigenvalue weighted by atomic mass is 10.1. The fourth-order valence-corrected chi connectivity index (χ4v) is 3.32. The molecule has 0 radical (unpaired) electrons. The fraction of sp³-hybridized carbons (Fsp3) is 0.435. The maximum absolute atomic E-state index is 5.68. The molecule has 2 aromatic heterocycles. The van der Waals surface area contributed by atoms with Crippen LogP contribution < -0.4 is 16.2 Å². The molecule has 1 unspecified atom stereocenters. The van der Waals surface area contributed by atoms with Gasteiger partial charge in [-0.05, 0) is 57.5 Å². The summed E-state index contributed by atoms with van der Waals surface area (Å²) in [5, 5.41) is 15.0. The van der Waals surface area contributed by atoms with Crippen LogP contribution in [0.4, 0.5) is 0 Å². The molecule has 0 fully saturated rings. The predicted molar refractivity (Wildman–Crippen MR) is 126 cm³/mol. The number of nitrogens with zero attached hydrogens (tertiary/aromatic N) is 5. The predicted octanol–water partition coefficient (Wildman–Crippen LogP) is 4.27. The first-order valence-electron chi connectivity index (χ1n) is 10.6. The normalized spacial score (nSPS) is 16.2. The lowest BCUT2D eigenvalue weighted by Crippen LogP contribution is -2.27. The van der Waals surface area contributed by atoms with Gasteiger partial charge in [-0.25, -0.2) is 4.98 Å². The third kappa shape index (κ3) is 6.18. The Kier molecular flexibility index (Phi) is 8.81. The molecule has 0 aliphatic carbocycles. The Bertz CT molecular complexity index is 945. The van der Waals surface area contributed by atoms with Gasteiger partial charge in [0.25, 0.3) is 0 Å². The van der Waals surface area contributed by atoms with E-state index in [1.807, 2.05) is 49.1 Å². The van der Waals surface area contributed by atoms with Gasteiger partial charge < -0.3 is 16.2 Å². The molecule has 0 bridgehead atoms. The minimum Gasteiger partial charge on any atom is -0.478 e. The van der Waals surface area contributed by atoms with E-state index in [0.717, 1.165) is 35.5 Å². The van der Waals surface area contributed by atoms with Crippen LogP contribution in [-0.4, -0.2) is 38.1 Å². The van der Waals surface area contributed by atoms with E-state index in [2.05, 4.69) is 47.3 Å². The van der Waals surface area contributed by atoms with Gasteiger partial charge in [-0.2, -0.15) is 10.2 Å². The van der Waals surface area contributed by atoms with E-state index >= 15 is 0 Å². The van der Waals surface area contributed by atoms with E-state index in [0.29, 0.717) is 25.1 Å². The standard InChI is InChI=1S/C23H32N6O.H3N/c1-6-18(4)29-22(15-17(3)26-29)21(25-16-20-12-14-28(5)27-20)11-10-19-9-8-13-24-23(19)30-7-2;/h8-14,18,25H,6-7,15-16H2,1-5H3;1H3/b11-10+,22-21-;.